The minimum atomic E-state index is -0.251. The first-order valence-corrected chi connectivity index (χ1v) is 11.4. The van der Waals surface area contributed by atoms with E-state index in [2.05, 4.69) is 39.0 Å². The summed E-state index contributed by atoms with van der Waals surface area (Å²) in [6.45, 7) is 1.36. The van der Waals surface area contributed by atoms with Crippen LogP contribution >= 0.6 is 0 Å². The van der Waals surface area contributed by atoms with E-state index in [0.29, 0.717) is 24.3 Å². The largest absolute Gasteiger partial charge is 0.371 e. The lowest BCUT2D eigenvalue weighted by Gasteiger charge is -2.61. The van der Waals surface area contributed by atoms with Gasteiger partial charge >= 0.3 is 0 Å². The molecule has 1 aliphatic heterocycles. The molecule has 5 aliphatic rings. The molecule has 1 aromatic heterocycles. The molecule has 30 heavy (non-hydrogen) atoms. The van der Waals surface area contributed by atoms with E-state index < -0.39 is 0 Å². The van der Waals surface area contributed by atoms with Crippen LogP contribution < -0.4 is 0 Å². The Labute approximate surface area is 177 Å². The summed E-state index contributed by atoms with van der Waals surface area (Å²) in [5.74, 6) is 1.56. The van der Waals surface area contributed by atoms with Gasteiger partial charge in [0.15, 0.2) is 0 Å². The van der Waals surface area contributed by atoms with Crippen LogP contribution in [0.4, 0.5) is 0 Å². The molecule has 2 aromatic rings. The Morgan fingerprint density at radius 3 is 2.80 bits per heavy atom. The number of hydrogen-bond acceptors (Lipinski definition) is 4. The number of benzene rings is 1. The minimum Gasteiger partial charge on any atom is -0.371 e. The number of ether oxygens (including phenoxy) is 1. The second-order valence-corrected chi connectivity index (χ2v) is 10.3. The topological polar surface area (TPSA) is 60.2 Å². The van der Waals surface area contributed by atoms with Crippen LogP contribution in [0.2, 0.25) is 0 Å². The van der Waals surface area contributed by atoms with E-state index in [1.54, 1.807) is 6.33 Å². The van der Waals surface area contributed by atoms with Crippen LogP contribution in [-0.4, -0.2) is 45.8 Å². The van der Waals surface area contributed by atoms with Gasteiger partial charge in [0.05, 0.1) is 24.1 Å². The van der Waals surface area contributed by atoms with Gasteiger partial charge in [-0.2, -0.15) is 5.10 Å². The van der Waals surface area contributed by atoms with Crippen LogP contribution in [0.3, 0.4) is 0 Å². The third-order valence-corrected chi connectivity index (χ3v) is 8.27. The highest BCUT2D eigenvalue weighted by atomic mass is 16.5. The summed E-state index contributed by atoms with van der Waals surface area (Å²) in [6.07, 6.45) is 11.0. The summed E-state index contributed by atoms with van der Waals surface area (Å²) >= 11 is 0. The van der Waals surface area contributed by atoms with Gasteiger partial charge in [0, 0.05) is 7.05 Å². The fourth-order valence-electron chi connectivity index (χ4n) is 7.55. The average Bonchev–Trinajstić information content (AvgIpc) is 3.28. The highest BCUT2D eigenvalue weighted by molar-refractivity contribution is 5.83. The van der Waals surface area contributed by atoms with Crippen LogP contribution in [0, 0.1) is 17.3 Å². The molecule has 2 unspecified atom stereocenters. The van der Waals surface area contributed by atoms with Gasteiger partial charge in [0.1, 0.15) is 18.8 Å². The molecule has 5 atom stereocenters. The van der Waals surface area contributed by atoms with Crippen LogP contribution in [-0.2, 0) is 21.5 Å². The summed E-state index contributed by atoms with van der Waals surface area (Å²) in [6, 6.07) is 8.51. The first kappa shape index (κ1) is 18.6. The highest BCUT2D eigenvalue weighted by Gasteiger charge is 2.62. The molecule has 158 valence electrons. The van der Waals surface area contributed by atoms with Crippen molar-refractivity contribution >= 4 is 5.91 Å². The Hall–Kier alpha value is -2.21. The standard InChI is InChI=1S/C24H30N4O2/c1-27(13-21-20-5-3-2-4-19(20)6-7-30-21)22(29)23-9-17-8-18(10-23)12-24(11-17,14-23)28-16-25-15-26-28/h2-5,15-18,21H,6-14H2,1H3/t17-,18+,21-,23?,24?/m1/s1. The van der Waals surface area contributed by atoms with Crippen molar-refractivity contribution in [3.8, 4) is 0 Å². The molecule has 0 N–H and O–H groups in total. The molecule has 0 radical (unpaired) electrons. The Morgan fingerprint density at radius 2 is 2.03 bits per heavy atom. The molecular weight excluding hydrogens is 376 g/mol. The van der Waals surface area contributed by atoms with Gasteiger partial charge in [-0.25, -0.2) is 9.67 Å². The van der Waals surface area contributed by atoms with Gasteiger partial charge in [-0.05, 0) is 67.9 Å². The Morgan fingerprint density at radius 1 is 1.23 bits per heavy atom. The average molecular weight is 407 g/mol. The number of nitrogens with zero attached hydrogens (tertiary/aromatic N) is 4. The minimum absolute atomic E-state index is 0.0228. The van der Waals surface area contributed by atoms with Gasteiger partial charge < -0.3 is 9.64 Å². The van der Waals surface area contributed by atoms with Crippen LogP contribution in [0.5, 0.6) is 0 Å². The van der Waals surface area contributed by atoms with Crippen molar-refractivity contribution in [2.75, 3.05) is 20.2 Å². The van der Waals surface area contributed by atoms with Crippen LogP contribution in [0.1, 0.15) is 55.8 Å². The second-order valence-electron chi connectivity index (χ2n) is 10.3. The van der Waals surface area contributed by atoms with Crippen molar-refractivity contribution < 1.29 is 9.53 Å². The van der Waals surface area contributed by atoms with E-state index in [-0.39, 0.29) is 17.1 Å². The number of rotatable bonds is 4. The normalized spacial score (nSPS) is 36.5. The third kappa shape index (κ3) is 2.76. The predicted molar refractivity (Wildman–Crippen MR) is 112 cm³/mol. The Kier molecular flexibility index (Phi) is 4.11. The number of fused-ring (bicyclic) bond motifs is 1. The van der Waals surface area contributed by atoms with Gasteiger partial charge in [0.25, 0.3) is 0 Å². The lowest BCUT2D eigenvalue weighted by molar-refractivity contribution is -0.167. The van der Waals surface area contributed by atoms with Crippen molar-refractivity contribution in [1.82, 2.24) is 19.7 Å². The number of aromatic nitrogens is 3. The van der Waals surface area contributed by atoms with Crippen molar-refractivity contribution in [3.05, 3.63) is 48.0 Å². The summed E-state index contributed by atoms with van der Waals surface area (Å²) in [4.78, 5) is 20.1. The summed E-state index contributed by atoms with van der Waals surface area (Å²) in [5, 5.41) is 4.52. The molecule has 4 aliphatic carbocycles. The molecule has 2 heterocycles. The maximum absolute atomic E-state index is 13.9. The van der Waals surface area contributed by atoms with Gasteiger partial charge in [-0.1, -0.05) is 24.3 Å². The van der Waals surface area contributed by atoms with E-state index in [4.69, 9.17) is 4.74 Å². The predicted octanol–water partition coefficient (Wildman–Crippen LogP) is 3.35. The summed E-state index contributed by atoms with van der Waals surface area (Å²) in [7, 11) is 1.98. The van der Waals surface area contributed by atoms with Crippen molar-refractivity contribution in [1.29, 1.82) is 0 Å². The maximum Gasteiger partial charge on any atom is 0.228 e. The zero-order valence-electron chi connectivity index (χ0n) is 17.7. The molecule has 4 bridgehead atoms. The number of hydrogen-bond donors (Lipinski definition) is 0. The molecule has 7 rings (SSSR count). The molecule has 0 saturated heterocycles. The monoisotopic (exact) mass is 406 g/mol. The molecular formula is C24H30N4O2. The van der Waals surface area contributed by atoms with Crippen molar-refractivity contribution in [2.24, 2.45) is 17.3 Å². The molecule has 6 nitrogen and oxygen atoms in total. The molecule has 1 amide bonds. The van der Waals surface area contributed by atoms with Crippen molar-refractivity contribution in [3.63, 3.8) is 0 Å². The van der Waals surface area contributed by atoms with E-state index in [0.717, 1.165) is 45.1 Å². The first-order valence-electron chi connectivity index (χ1n) is 11.4. The zero-order valence-corrected chi connectivity index (χ0v) is 17.7. The fourth-order valence-corrected chi connectivity index (χ4v) is 7.55. The highest BCUT2D eigenvalue weighted by Crippen LogP contribution is 2.64. The third-order valence-electron chi connectivity index (χ3n) is 8.27. The van der Waals surface area contributed by atoms with Crippen molar-refractivity contribution in [2.45, 2.75) is 56.6 Å². The maximum atomic E-state index is 13.9. The van der Waals surface area contributed by atoms with Crippen LogP contribution in [0.25, 0.3) is 0 Å². The summed E-state index contributed by atoms with van der Waals surface area (Å²) in [5.41, 5.74) is 2.33. The van der Waals surface area contributed by atoms with E-state index in [1.807, 2.05) is 18.3 Å². The molecule has 4 fully saturated rings. The first-order chi connectivity index (χ1) is 14.6. The Bertz CT molecular complexity index is 942. The quantitative estimate of drug-likeness (QED) is 0.781. The van der Waals surface area contributed by atoms with Crippen LogP contribution in [0.15, 0.2) is 36.9 Å². The van der Waals surface area contributed by atoms with Gasteiger partial charge in [-0.3, -0.25) is 4.79 Å². The Balaban J connectivity index is 1.26. The summed E-state index contributed by atoms with van der Waals surface area (Å²) < 4.78 is 8.18. The smallest absolute Gasteiger partial charge is 0.228 e. The fraction of sp³-hybridized carbons (Fsp3) is 0.625. The van der Waals surface area contributed by atoms with Gasteiger partial charge in [0.2, 0.25) is 5.91 Å². The zero-order chi connectivity index (χ0) is 20.3. The number of carbonyl (C=O) groups excluding carboxylic acids is 1. The molecule has 1 aromatic carbocycles. The second kappa shape index (κ2) is 6.64. The lowest BCUT2D eigenvalue weighted by Crippen LogP contribution is -2.61. The lowest BCUT2D eigenvalue weighted by atomic mass is 9.46. The SMILES string of the molecule is CN(C[C@H]1OCCc2ccccc21)C(=O)C12C[C@H]3C[C@@H](C1)CC(n1cncn1)(C3)C2. The molecule has 0 spiro atoms. The van der Waals surface area contributed by atoms with E-state index >= 15 is 0 Å². The molecule has 6 heteroatoms. The number of amides is 1. The number of carbonyl (C=O) groups is 1. The molecule has 4 saturated carbocycles. The van der Waals surface area contributed by atoms with E-state index in [9.17, 15) is 4.79 Å². The van der Waals surface area contributed by atoms with E-state index in [1.165, 1.54) is 17.5 Å². The van der Waals surface area contributed by atoms with Gasteiger partial charge in [-0.15, -0.1) is 0 Å². The number of likely N-dealkylation sites (N-methyl/N-ethyl adjacent to an activating group) is 1.